The van der Waals surface area contributed by atoms with Crippen molar-refractivity contribution in [1.29, 1.82) is 0 Å². The quantitative estimate of drug-likeness (QED) is 0.546. The molecule has 1 aromatic heterocycles. The second-order valence-electron chi connectivity index (χ2n) is 5.93. The number of nitrogens with two attached hydrogens (primary N) is 1. The van der Waals surface area contributed by atoms with Crippen LogP contribution in [-0.4, -0.2) is 16.2 Å². The van der Waals surface area contributed by atoms with Gasteiger partial charge in [0.15, 0.2) is 0 Å². The first-order valence-electron chi connectivity index (χ1n) is 8.22. The van der Waals surface area contributed by atoms with Crippen LogP contribution in [0.5, 0.6) is 5.75 Å². The van der Waals surface area contributed by atoms with Crippen molar-refractivity contribution < 1.29 is 4.74 Å². The molecule has 2 N–H and O–H groups in total. The SMILES string of the molecule is Cc1cccc(OCCCn2cnc(-c3ccccc3)c2C)c1N. The molecule has 24 heavy (non-hydrogen) atoms. The van der Waals surface area contributed by atoms with Gasteiger partial charge in [0.1, 0.15) is 5.75 Å². The van der Waals surface area contributed by atoms with Crippen LogP contribution >= 0.6 is 0 Å². The van der Waals surface area contributed by atoms with Crippen LogP contribution in [0.25, 0.3) is 11.3 Å². The Bertz CT molecular complexity index is 809. The summed E-state index contributed by atoms with van der Waals surface area (Å²) in [7, 11) is 0. The number of aromatic nitrogens is 2. The predicted molar refractivity (Wildman–Crippen MR) is 98.1 cm³/mol. The first-order chi connectivity index (χ1) is 11.7. The molecule has 4 heteroatoms. The van der Waals surface area contributed by atoms with Crippen LogP contribution in [0.3, 0.4) is 0 Å². The highest BCUT2D eigenvalue weighted by Gasteiger charge is 2.08. The van der Waals surface area contributed by atoms with E-state index in [0.717, 1.165) is 41.2 Å². The average Bonchev–Trinajstić information content (AvgIpc) is 2.97. The minimum atomic E-state index is 0.631. The van der Waals surface area contributed by atoms with E-state index in [4.69, 9.17) is 10.5 Å². The predicted octanol–water partition coefficient (Wildman–Crippen LogP) is 4.22. The van der Waals surface area contributed by atoms with Crippen molar-refractivity contribution in [1.82, 2.24) is 9.55 Å². The van der Waals surface area contributed by atoms with Crippen molar-refractivity contribution in [2.45, 2.75) is 26.8 Å². The summed E-state index contributed by atoms with van der Waals surface area (Å²) in [6.45, 7) is 5.60. The maximum atomic E-state index is 6.03. The molecule has 1 heterocycles. The number of anilines is 1. The largest absolute Gasteiger partial charge is 0.491 e. The van der Waals surface area contributed by atoms with Crippen LogP contribution < -0.4 is 10.5 Å². The lowest BCUT2D eigenvalue weighted by Crippen LogP contribution is -2.06. The minimum Gasteiger partial charge on any atom is -0.491 e. The van der Waals surface area contributed by atoms with Gasteiger partial charge in [0.25, 0.3) is 0 Å². The Balaban J connectivity index is 1.58. The van der Waals surface area contributed by atoms with Crippen molar-refractivity contribution in [3.63, 3.8) is 0 Å². The summed E-state index contributed by atoms with van der Waals surface area (Å²) in [4.78, 5) is 4.55. The lowest BCUT2D eigenvalue weighted by Gasteiger charge is -2.11. The van der Waals surface area contributed by atoms with Crippen LogP contribution in [0.1, 0.15) is 17.7 Å². The lowest BCUT2D eigenvalue weighted by molar-refractivity contribution is 0.302. The van der Waals surface area contributed by atoms with Crippen LogP contribution in [0.2, 0.25) is 0 Å². The highest BCUT2D eigenvalue weighted by atomic mass is 16.5. The summed E-state index contributed by atoms with van der Waals surface area (Å²) in [6, 6.07) is 16.1. The number of nitrogens with zero attached hydrogens (tertiary/aromatic N) is 2. The third kappa shape index (κ3) is 3.43. The number of hydrogen-bond acceptors (Lipinski definition) is 3. The first-order valence-corrected chi connectivity index (χ1v) is 8.22. The van der Waals surface area contributed by atoms with E-state index in [0.29, 0.717) is 6.61 Å². The normalized spacial score (nSPS) is 10.8. The minimum absolute atomic E-state index is 0.631. The fourth-order valence-electron chi connectivity index (χ4n) is 2.74. The standard InChI is InChI=1S/C20H23N3O/c1-15-8-6-11-18(19(15)21)24-13-7-12-23-14-22-20(16(23)2)17-9-4-3-5-10-17/h3-6,8-11,14H,7,12-13,21H2,1-2H3. The highest BCUT2D eigenvalue weighted by Crippen LogP contribution is 2.25. The van der Waals surface area contributed by atoms with E-state index in [1.54, 1.807) is 0 Å². The van der Waals surface area contributed by atoms with E-state index in [2.05, 4.69) is 28.6 Å². The van der Waals surface area contributed by atoms with Gasteiger partial charge in [0.05, 0.1) is 24.3 Å². The number of hydrogen-bond donors (Lipinski definition) is 1. The second-order valence-corrected chi connectivity index (χ2v) is 5.93. The van der Waals surface area contributed by atoms with Gasteiger partial charge in [-0.2, -0.15) is 0 Å². The van der Waals surface area contributed by atoms with Gasteiger partial charge in [-0.25, -0.2) is 4.98 Å². The molecule has 4 nitrogen and oxygen atoms in total. The molecule has 3 aromatic rings. The third-order valence-corrected chi connectivity index (χ3v) is 4.23. The van der Waals surface area contributed by atoms with Crippen molar-refractivity contribution in [2.75, 3.05) is 12.3 Å². The molecule has 0 unspecified atom stereocenters. The molecule has 0 saturated heterocycles. The summed E-state index contributed by atoms with van der Waals surface area (Å²) in [5.41, 5.74) is 11.2. The van der Waals surface area contributed by atoms with Crippen LogP contribution in [0.15, 0.2) is 54.9 Å². The summed E-state index contributed by atoms with van der Waals surface area (Å²) >= 11 is 0. The van der Waals surface area contributed by atoms with E-state index in [9.17, 15) is 0 Å². The molecule has 0 saturated carbocycles. The molecule has 0 atom stereocenters. The van der Waals surface area contributed by atoms with Gasteiger partial charge in [-0.3, -0.25) is 0 Å². The van der Waals surface area contributed by atoms with Crippen molar-refractivity contribution >= 4 is 5.69 Å². The molecule has 0 radical (unpaired) electrons. The maximum Gasteiger partial charge on any atom is 0.142 e. The number of aryl methyl sites for hydroxylation is 2. The average molecular weight is 321 g/mol. The maximum absolute atomic E-state index is 6.03. The van der Waals surface area contributed by atoms with Gasteiger partial charge < -0.3 is 15.0 Å². The smallest absolute Gasteiger partial charge is 0.142 e. The zero-order chi connectivity index (χ0) is 16.9. The Morgan fingerprint density at radius 2 is 1.83 bits per heavy atom. The van der Waals surface area contributed by atoms with Gasteiger partial charge >= 0.3 is 0 Å². The molecule has 0 spiro atoms. The van der Waals surface area contributed by atoms with E-state index in [-0.39, 0.29) is 0 Å². The molecule has 0 fully saturated rings. The third-order valence-electron chi connectivity index (χ3n) is 4.23. The Labute approximate surface area is 142 Å². The molecule has 124 valence electrons. The van der Waals surface area contributed by atoms with Gasteiger partial charge in [0.2, 0.25) is 0 Å². The Morgan fingerprint density at radius 3 is 2.62 bits per heavy atom. The molecular weight excluding hydrogens is 298 g/mol. The van der Waals surface area contributed by atoms with E-state index < -0.39 is 0 Å². The summed E-state index contributed by atoms with van der Waals surface area (Å²) < 4.78 is 7.98. The first kappa shape index (κ1) is 16.1. The number of nitrogen functional groups attached to an aromatic ring is 1. The molecule has 0 aliphatic carbocycles. The van der Waals surface area contributed by atoms with Crippen LogP contribution in [-0.2, 0) is 6.54 Å². The van der Waals surface area contributed by atoms with Gasteiger partial charge in [-0.15, -0.1) is 0 Å². The summed E-state index contributed by atoms with van der Waals surface area (Å²) in [5.74, 6) is 0.766. The van der Waals surface area contributed by atoms with Gasteiger partial charge in [-0.05, 0) is 31.9 Å². The molecule has 3 rings (SSSR count). The number of rotatable bonds is 6. The zero-order valence-electron chi connectivity index (χ0n) is 14.2. The van der Waals surface area contributed by atoms with Crippen molar-refractivity contribution in [2.24, 2.45) is 0 Å². The van der Waals surface area contributed by atoms with E-state index in [1.165, 1.54) is 5.69 Å². The van der Waals surface area contributed by atoms with Crippen molar-refractivity contribution in [3.8, 4) is 17.0 Å². The van der Waals surface area contributed by atoms with Gasteiger partial charge in [0, 0.05) is 17.8 Å². The number of imidazole rings is 1. The Hall–Kier alpha value is -2.75. The zero-order valence-corrected chi connectivity index (χ0v) is 14.2. The topological polar surface area (TPSA) is 53.1 Å². The monoisotopic (exact) mass is 321 g/mol. The molecule has 0 aliphatic rings. The van der Waals surface area contributed by atoms with Crippen LogP contribution in [0, 0.1) is 13.8 Å². The molecule has 0 bridgehead atoms. The molecular formula is C20H23N3O. The second kappa shape index (κ2) is 7.21. The fourth-order valence-corrected chi connectivity index (χ4v) is 2.74. The number of ether oxygens (including phenoxy) is 1. The molecule has 2 aromatic carbocycles. The Kier molecular flexibility index (Phi) is 4.85. The highest BCUT2D eigenvalue weighted by molar-refractivity contribution is 5.61. The fraction of sp³-hybridized carbons (Fsp3) is 0.250. The van der Waals surface area contributed by atoms with E-state index >= 15 is 0 Å². The molecule has 0 amide bonds. The van der Waals surface area contributed by atoms with Crippen molar-refractivity contribution in [3.05, 3.63) is 66.1 Å². The van der Waals surface area contributed by atoms with Gasteiger partial charge in [-0.1, -0.05) is 42.5 Å². The number of benzene rings is 2. The van der Waals surface area contributed by atoms with E-state index in [1.807, 2.05) is 49.6 Å². The number of para-hydroxylation sites is 1. The lowest BCUT2D eigenvalue weighted by atomic mass is 10.1. The Morgan fingerprint density at radius 1 is 1.04 bits per heavy atom. The molecule has 0 aliphatic heterocycles. The summed E-state index contributed by atoms with van der Waals surface area (Å²) in [5, 5.41) is 0. The summed E-state index contributed by atoms with van der Waals surface area (Å²) in [6.07, 6.45) is 2.80. The van der Waals surface area contributed by atoms with Crippen LogP contribution in [0.4, 0.5) is 5.69 Å².